The van der Waals surface area contributed by atoms with Crippen LogP contribution >= 0.6 is 11.8 Å². The van der Waals surface area contributed by atoms with Gasteiger partial charge in [-0.25, -0.2) is 4.98 Å². The number of carbonyl (C=O) groups is 1. The second-order valence-corrected chi connectivity index (χ2v) is 8.94. The molecule has 0 spiro atoms. The Morgan fingerprint density at radius 1 is 1.06 bits per heavy atom. The minimum atomic E-state index is -0.239. The fourth-order valence-electron chi connectivity index (χ4n) is 3.70. The standard InChI is InChI=1S/C27H27N3O4S/c1-18-6-4-7-19(14-18)17-35-27-29-24-15-20(25(31)28-12-13-33-2)10-11-23(24)26(32)30(27)21-8-5-9-22(16-21)34-3/h4-11,14-16H,12-13,17H2,1-3H3,(H,28,31). The van der Waals surface area contributed by atoms with E-state index >= 15 is 0 Å². The lowest BCUT2D eigenvalue weighted by Gasteiger charge is -2.15. The molecule has 0 unspecified atom stereocenters. The number of nitrogens with zero attached hydrogens (tertiary/aromatic N) is 2. The minimum Gasteiger partial charge on any atom is -0.497 e. The number of hydrogen-bond acceptors (Lipinski definition) is 6. The van der Waals surface area contributed by atoms with Crippen LogP contribution in [0.25, 0.3) is 16.6 Å². The molecule has 1 amide bonds. The average molecular weight is 490 g/mol. The van der Waals surface area contributed by atoms with Gasteiger partial charge in [-0.2, -0.15) is 0 Å². The average Bonchev–Trinajstić information content (AvgIpc) is 2.87. The quantitative estimate of drug-likeness (QED) is 0.214. The van der Waals surface area contributed by atoms with Crippen molar-refractivity contribution in [2.45, 2.75) is 17.8 Å². The fraction of sp³-hybridized carbons (Fsp3) is 0.222. The molecule has 7 nitrogen and oxygen atoms in total. The van der Waals surface area contributed by atoms with E-state index in [9.17, 15) is 9.59 Å². The SMILES string of the molecule is COCCNC(=O)c1ccc2c(=O)n(-c3cccc(OC)c3)c(SCc3cccc(C)c3)nc2c1. The number of carbonyl (C=O) groups excluding carboxylic acids is 1. The Morgan fingerprint density at radius 2 is 1.89 bits per heavy atom. The van der Waals surface area contributed by atoms with Gasteiger partial charge in [-0.05, 0) is 42.8 Å². The minimum absolute atomic E-state index is 0.207. The van der Waals surface area contributed by atoms with Crippen molar-refractivity contribution in [1.82, 2.24) is 14.9 Å². The van der Waals surface area contributed by atoms with Crippen molar-refractivity contribution in [2.75, 3.05) is 27.4 Å². The molecule has 0 aliphatic heterocycles. The third-order valence-corrected chi connectivity index (χ3v) is 6.46. The first-order valence-electron chi connectivity index (χ1n) is 11.2. The number of benzene rings is 3. The molecule has 0 bridgehead atoms. The van der Waals surface area contributed by atoms with Crippen LogP contribution in [0.5, 0.6) is 5.75 Å². The first-order chi connectivity index (χ1) is 17.0. The monoisotopic (exact) mass is 489 g/mol. The van der Waals surface area contributed by atoms with E-state index in [0.29, 0.717) is 52.0 Å². The number of rotatable bonds is 9. The highest BCUT2D eigenvalue weighted by Crippen LogP contribution is 2.26. The van der Waals surface area contributed by atoms with Crippen LogP contribution in [0.3, 0.4) is 0 Å². The van der Waals surface area contributed by atoms with Gasteiger partial charge in [0.25, 0.3) is 11.5 Å². The van der Waals surface area contributed by atoms with Crippen molar-refractivity contribution in [3.05, 3.63) is 93.8 Å². The molecule has 0 saturated heterocycles. The summed E-state index contributed by atoms with van der Waals surface area (Å²) in [5.41, 5.74) is 3.67. The van der Waals surface area contributed by atoms with E-state index < -0.39 is 0 Å². The molecule has 0 aliphatic carbocycles. The van der Waals surface area contributed by atoms with Crippen LogP contribution in [-0.2, 0) is 10.5 Å². The van der Waals surface area contributed by atoms with Gasteiger partial charge in [-0.3, -0.25) is 14.2 Å². The summed E-state index contributed by atoms with van der Waals surface area (Å²) in [6.45, 7) is 2.87. The zero-order valence-corrected chi connectivity index (χ0v) is 20.7. The van der Waals surface area contributed by atoms with Gasteiger partial charge in [0, 0.05) is 31.0 Å². The highest BCUT2D eigenvalue weighted by atomic mass is 32.2. The summed E-state index contributed by atoms with van der Waals surface area (Å²) < 4.78 is 12.0. The van der Waals surface area contributed by atoms with Gasteiger partial charge in [-0.15, -0.1) is 0 Å². The number of aromatic nitrogens is 2. The Bertz CT molecular complexity index is 1420. The molecule has 0 aliphatic rings. The summed E-state index contributed by atoms with van der Waals surface area (Å²) >= 11 is 1.47. The topological polar surface area (TPSA) is 82.5 Å². The van der Waals surface area contributed by atoms with Gasteiger partial charge >= 0.3 is 0 Å². The summed E-state index contributed by atoms with van der Waals surface area (Å²) in [5, 5.41) is 3.77. The molecule has 4 aromatic rings. The molecule has 1 aromatic heterocycles. The Kier molecular flexibility index (Phi) is 7.84. The van der Waals surface area contributed by atoms with Crippen molar-refractivity contribution in [1.29, 1.82) is 0 Å². The van der Waals surface area contributed by atoms with Crippen LogP contribution in [0.4, 0.5) is 0 Å². The number of fused-ring (bicyclic) bond motifs is 1. The van der Waals surface area contributed by atoms with Crippen molar-refractivity contribution in [3.8, 4) is 11.4 Å². The summed E-state index contributed by atoms with van der Waals surface area (Å²) in [6.07, 6.45) is 0. The van der Waals surface area contributed by atoms with E-state index in [0.717, 1.165) is 5.56 Å². The van der Waals surface area contributed by atoms with Gasteiger partial charge in [0.2, 0.25) is 0 Å². The lowest BCUT2D eigenvalue weighted by Crippen LogP contribution is -2.27. The number of methoxy groups -OCH3 is 2. The summed E-state index contributed by atoms with van der Waals surface area (Å²) in [7, 11) is 3.17. The van der Waals surface area contributed by atoms with Crippen molar-refractivity contribution in [2.24, 2.45) is 0 Å². The number of hydrogen-bond donors (Lipinski definition) is 1. The lowest BCUT2D eigenvalue weighted by molar-refractivity contribution is 0.0937. The van der Waals surface area contributed by atoms with E-state index in [-0.39, 0.29) is 11.5 Å². The highest BCUT2D eigenvalue weighted by Gasteiger charge is 2.16. The van der Waals surface area contributed by atoms with Gasteiger partial charge in [0.05, 0.1) is 30.3 Å². The van der Waals surface area contributed by atoms with E-state index in [4.69, 9.17) is 14.5 Å². The van der Waals surface area contributed by atoms with Crippen LogP contribution in [0.15, 0.2) is 76.7 Å². The summed E-state index contributed by atoms with van der Waals surface area (Å²) in [5.74, 6) is 1.05. The fourth-order valence-corrected chi connectivity index (χ4v) is 4.65. The van der Waals surface area contributed by atoms with Crippen LogP contribution in [-0.4, -0.2) is 42.8 Å². The van der Waals surface area contributed by atoms with Crippen LogP contribution < -0.4 is 15.6 Å². The second kappa shape index (κ2) is 11.2. The molecular formula is C27H27N3O4S. The molecule has 0 radical (unpaired) electrons. The zero-order valence-electron chi connectivity index (χ0n) is 19.9. The van der Waals surface area contributed by atoms with Gasteiger partial charge in [0.1, 0.15) is 5.75 Å². The van der Waals surface area contributed by atoms with Crippen molar-refractivity contribution in [3.63, 3.8) is 0 Å². The maximum absolute atomic E-state index is 13.7. The van der Waals surface area contributed by atoms with Gasteiger partial charge < -0.3 is 14.8 Å². The number of aryl methyl sites for hydroxylation is 1. The van der Waals surface area contributed by atoms with Crippen molar-refractivity contribution < 1.29 is 14.3 Å². The number of ether oxygens (including phenoxy) is 2. The van der Waals surface area contributed by atoms with E-state index in [1.54, 1.807) is 37.0 Å². The maximum Gasteiger partial charge on any atom is 0.266 e. The first-order valence-corrected chi connectivity index (χ1v) is 12.2. The Balaban J connectivity index is 1.79. The number of thioether (sulfide) groups is 1. The number of amides is 1. The number of nitrogens with one attached hydrogen (secondary N) is 1. The van der Waals surface area contributed by atoms with Crippen LogP contribution in [0.2, 0.25) is 0 Å². The molecule has 0 fully saturated rings. The van der Waals surface area contributed by atoms with Crippen LogP contribution in [0.1, 0.15) is 21.5 Å². The highest BCUT2D eigenvalue weighted by molar-refractivity contribution is 7.98. The molecule has 1 heterocycles. The molecule has 3 aromatic carbocycles. The zero-order chi connectivity index (χ0) is 24.8. The summed E-state index contributed by atoms with van der Waals surface area (Å²) in [6, 6.07) is 20.5. The smallest absolute Gasteiger partial charge is 0.266 e. The molecule has 8 heteroatoms. The van der Waals surface area contributed by atoms with Crippen LogP contribution in [0, 0.1) is 6.92 Å². The molecular weight excluding hydrogens is 462 g/mol. The second-order valence-electron chi connectivity index (χ2n) is 7.99. The maximum atomic E-state index is 13.7. The predicted octanol–water partition coefficient (Wildman–Crippen LogP) is 4.37. The van der Waals surface area contributed by atoms with Gasteiger partial charge in [0.15, 0.2) is 5.16 Å². The Labute approximate surface area is 208 Å². The largest absolute Gasteiger partial charge is 0.497 e. The third-order valence-electron chi connectivity index (χ3n) is 5.45. The predicted molar refractivity (Wildman–Crippen MR) is 139 cm³/mol. The lowest BCUT2D eigenvalue weighted by atomic mass is 10.1. The Hall–Kier alpha value is -3.62. The molecule has 0 saturated carbocycles. The molecule has 4 rings (SSSR count). The third kappa shape index (κ3) is 5.72. The Morgan fingerprint density at radius 3 is 2.66 bits per heavy atom. The normalized spacial score (nSPS) is 10.9. The molecule has 0 atom stereocenters. The first kappa shape index (κ1) is 24.5. The van der Waals surface area contributed by atoms with E-state index in [1.165, 1.54) is 17.3 Å². The molecule has 35 heavy (non-hydrogen) atoms. The van der Waals surface area contributed by atoms with E-state index in [2.05, 4.69) is 17.4 Å². The van der Waals surface area contributed by atoms with E-state index in [1.807, 2.05) is 43.3 Å². The van der Waals surface area contributed by atoms with Gasteiger partial charge in [-0.1, -0.05) is 47.7 Å². The molecule has 1 N–H and O–H groups in total. The summed E-state index contributed by atoms with van der Waals surface area (Å²) in [4.78, 5) is 31.0. The van der Waals surface area contributed by atoms with Crippen molar-refractivity contribution >= 4 is 28.6 Å². The molecule has 180 valence electrons.